The number of carbonyl (C=O) groups excluding carboxylic acids is 2. The van der Waals surface area contributed by atoms with Gasteiger partial charge in [0.2, 0.25) is 0 Å². The third-order valence-electron chi connectivity index (χ3n) is 4.92. The molecule has 8 nitrogen and oxygen atoms in total. The number of hydrogen-bond acceptors (Lipinski definition) is 5. The molecule has 0 unspecified atom stereocenters. The highest BCUT2D eigenvalue weighted by Crippen LogP contribution is 2.27. The number of hydrogen-bond donors (Lipinski definition) is 4. The molecule has 160 valence electrons. The van der Waals surface area contributed by atoms with Gasteiger partial charge in [0.05, 0.1) is 6.54 Å². The van der Waals surface area contributed by atoms with Gasteiger partial charge in [0.1, 0.15) is 16.9 Å². The van der Waals surface area contributed by atoms with Crippen LogP contribution in [0.3, 0.4) is 0 Å². The molecule has 0 saturated carbocycles. The van der Waals surface area contributed by atoms with E-state index in [-0.39, 0.29) is 28.5 Å². The molecule has 1 aliphatic rings. The average Bonchev–Trinajstić information content (AvgIpc) is 3.23. The van der Waals surface area contributed by atoms with Crippen LogP contribution in [0.1, 0.15) is 21.6 Å². The van der Waals surface area contributed by atoms with Crippen molar-refractivity contribution >= 4 is 41.2 Å². The van der Waals surface area contributed by atoms with Crippen molar-refractivity contribution < 1.29 is 24.6 Å². The topological polar surface area (TPSA) is 123 Å². The van der Waals surface area contributed by atoms with Crippen LogP contribution in [-0.2, 0) is 16.1 Å². The molecule has 1 aliphatic heterocycles. The Balaban J connectivity index is 1.60. The highest BCUT2D eigenvalue weighted by Gasteiger charge is 2.33. The van der Waals surface area contributed by atoms with E-state index in [0.717, 1.165) is 5.56 Å². The van der Waals surface area contributed by atoms with E-state index in [0.29, 0.717) is 17.0 Å². The number of aromatic amines is 1. The van der Waals surface area contributed by atoms with E-state index < -0.39 is 17.8 Å². The Hall–Kier alpha value is -4.24. The van der Waals surface area contributed by atoms with Gasteiger partial charge in [0.15, 0.2) is 5.11 Å². The van der Waals surface area contributed by atoms with Gasteiger partial charge < -0.3 is 15.2 Å². The highest BCUT2D eigenvalue weighted by atomic mass is 32.1. The number of H-pyrrole nitrogens is 1. The monoisotopic (exact) mass is 447 g/mol. The van der Waals surface area contributed by atoms with Crippen molar-refractivity contribution in [2.75, 3.05) is 0 Å². The molecule has 2 amide bonds. The van der Waals surface area contributed by atoms with Crippen molar-refractivity contribution in [3.63, 3.8) is 0 Å². The first-order chi connectivity index (χ1) is 15.3. The van der Waals surface area contributed by atoms with Crippen molar-refractivity contribution in [3.8, 4) is 17.0 Å². The van der Waals surface area contributed by atoms with Gasteiger partial charge in [0.25, 0.3) is 11.8 Å². The summed E-state index contributed by atoms with van der Waals surface area (Å²) in [5.74, 6) is -2.70. The Labute approximate surface area is 187 Å². The largest absolute Gasteiger partial charge is 0.507 e. The smallest absolute Gasteiger partial charge is 0.339 e. The van der Waals surface area contributed by atoms with Crippen LogP contribution in [0.4, 0.5) is 0 Å². The summed E-state index contributed by atoms with van der Waals surface area (Å²) in [4.78, 5) is 40.8. The van der Waals surface area contributed by atoms with E-state index in [1.165, 1.54) is 23.1 Å². The van der Waals surface area contributed by atoms with Gasteiger partial charge in [-0.25, -0.2) is 4.79 Å². The second-order valence-corrected chi connectivity index (χ2v) is 7.45. The molecule has 32 heavy (non-hydrogen) atoms. The van der Waals surface area contributed by atoms with Gasteiger partial charge in [-0.2, -0.15) is 0 Å². The molecule has 0 bridgehead atoms. The average molecular weight is 447 g/mol. The lowest BCUT2D eigenvalue weighted by Gasteiger charge is -2.28. The van der Waals surface area contributed by atoms with Crippen LogP contribution in [0.5, 0.6) is 5.75 Å². The SMILES string of the molecule is O=C1NC(=S)N(Cc2ccccc2)C(=O)C1=Cc1ccc(-c2ccc(C(=O)O)c(O)c2)[nH]1. The van der Waals surface area contributed by atoms with Gasteiger partial charge in [-0.15, -0.1) is 0 Å². The molecule has 9 heteroatoms. The van der Waals surface area contributed by atoms with E-state index in [9.17, 15) is 19.5 Å². The van der Waals surface area contributed by atoms with E-state index in [2.05, 4.69) is 10.3 Å². The van der Waals surface area contributed by atoms with Crippen LogP contribution >= 0.6 is 12.2 Å². The van der Waals surface area contributed by atoms with Crippen LogP contribution in [0, 0.1) is 0 Å². The minimum absolute atomic E-state index is 0.0437. The molecule has 1 aromatic heterocycles. The predicted molar refractivity (Wildman–Crippen MR) is 121 cm³/mol. The molecule has 1 saturated heterocycles. The summed E-state index contributed by atoms with van der Waals surface area (Å²) < 4.78 is 0. The van der Waals surface area contributed by atoms with Crippen LogP contribution in [0.25, 0.3) is 17.3 Å². The number of aromatic hydroxyl groups is 1. The molecule has 0 radical (unpaired) electrons. The van der Waals surface area contributed by atoms with Crippen LogP contribution in [0.2, 0.25) is 0 Å². The highest BCUT2D eigenvalue weighted by molar-refractivity contribution is 7.80. The summed E-state index contributed by atoms with van der Waals surface area (Å²) in [7, 11) is 0. The van der Waals surface area contributed by atoms with E-state index in [4.69, 9.17) is 17.3 Å². The van der Waals surface area contributed by atoms with Gasteiger partial charge >= 0.3 is 5.97 Å². The maximum atomic E-state index is 13.0. The number of phenols is 1. The first-order valence-corrected chi connectivity index (χ1v) is 9.93. The lowest BCUT2D eigenvalue weighted by Crippen LogP contribution is -2.53. The number of carbonyl (C=O) groups is 3. The van der Waals surface area contributed by atoms with Crippen molar-refractivity contribution in [1.29, 1.82) is 0 Å². The predicted octanol–water partition coefficient (Wildman–Crippen LogP) is 2.91. The zero-order valence-electron chi connectivity index (χ0n) is 16.5. The normalized spacial score (nSPS) is 15.2. The second kappa shape index (κ2) is 8.48. The number of rotatable bonds is 5. The summed E-state index contributed by atoms with van der Waals surface area (Å²) in [6.07, 6.45) is 1.42. The second-order valence-electron chi connectivity index (χ2n) is 7.06. The number of carboxylic acid groups (broad SMARTS) is 1. The maximum absolute atomic E-state index is 13.0. The van der Waals surface area contributed by atoms with Crippen LogP contribution < -0.4 is 5.32 Å². The standard InChI is InChI=1S/C23H17N3O5S/c27-19-10-14(6-8-16(19)22(30)31)18-9-7-15(24-18)11-17-20(28)25-23(32)26(21(17)29)12-13-4-2-1-3-5-13/h1-11,24,27H,12H2,(H,30,31)(H,25,28,32). The van der Waals surface area contributed by atoms with Crippen molar-refractivity contribution in [3.05, 3.63) is 83.1 Å². The Morgan fingerprint density at radius 2 is 1.81 bits per heavy atom. The summed E-state index contributed by atoms with van der Waals surface area (Å²) in [6.45, 7) is 0.224. The van der Waals surface area contributed by atoms with Gasteiger partial charge in [0, 0.05) is 17.0 Å². The number of aromatic carboxylic acids is 1. The summed E-state index contributed by atoms with van der Waals surface area (Å²) in [5, 5.41) is 21.5. The van der Waals surface area contributed by atoms with Gasteiger partial charge in [-0.05, 0) is 48.1 Å². The first-order valence-electron chi connectivity index (χ1n) is 9.52. The molecule has 4 N–H and O–H groups in total. The molecule has 2 aromatic carbocycles. The number of amides is 2. The minimum atomic E-state index is -1.23. The van der Waals surface area contributed by atoms with Crippen LogP contribution in [-0.4, -0.2) is 43.0 Å². The summed E-state index contributed by atoms with van der Waals surface area (Å²) in [6, 6.07) is 16.8. The maximum Gasteiger partial charge on any atom is 0.339 e. The fraction of sp³-hybridized carbons (Fsp3) is 0.0435. The molecular formula is C23H17N3O5S. The van der Waals surface area contributed by atoms with Crippen molar-refractivity contribution in [2.45, 2.75) is 6.54 Å². The zero-order chi connectivity index (χ0) is 22.8. The Kier molecular flexibility index (Phi) is 5.57. The first kappa shape index (κ1) is 21.0. The minimum Gasteiger partial charge on any atom is -0.507 e. The van der Waals surface area contributed by atoms with Gasteiger partial charge in [-0.1, -0.05) is 36.4 Å². The number of carboxylic acids is 1. The molecular weight excluding hydrogens is 430 g/mol. The van der Waals surface area contributed by atoms with E-state index in [1.54, 1.807) is 18.2 Å². The third-order valence-corrected chi connectivity index (χ3v) is 5.24. The Morgan fingerprint density at radius 1 is 1.06 bits per heavy atom. The molecule has 0 atom stereocenters. The quantitative estimate of drug-likeness (QED) is 0.271. The third kappa shape index (κ3) is 4.14. The Morgan fingerprint density at radius 3 is 2.50 bits per heavy atom. The zero-order valence-corrected chi connectivity index (χ0v) is 17.3. The molecule has 4 rings (SSSR count). The lowest BCUT2D eigenvalue weighted by molar-refractivity contribution is -0.129. The summed E-state index contributed by atoms with van der Waals surface area (Å²) >= 11 is 5.18. The molecule has 2 heterocycles. The van der Waals surface area contributed by atoms with E-state index in [1.807, 2.05) is 30.3 Å². The number of nitrogens with one attached hydrogen (secondary N) is 2. The van der Waals surface area contributed by atoms with Gasteiger partial charge in [-0.3, -0.25) is 19.8 Å². The number of thiocarbonyl (C=S) groups is 1. The molecule has 3 aromatic rings. The number of aromatic nitrogens is 1. The molecule has 0 aliphatic carbocycles. The van der Waals surface area contributed by atoms with Crippen molar-refractivity contribution in [1.82, 2.24) is 15.2 Å². The number of benzene rings is 2. The fourth-order valence-electron chi connectivity index (χ4n) is 3.30. The lowest BCUT2D eigenvalue weighted by atomic mass is 10.1. The number of nitrogens with zero attached hydrogens (tertiary/aromatic N) is 1. The Bertz CT molecular complexity index is 1280. The van der Waals surface area contributed by atoms with Crippen LogP contribution in [0.15, 0.2) is 66.2 Å². The van der Waals surface area contributed by atoms with Crippen molar-refractivity contribution in [2.24, 2.45) is 0 Å². The molecule has 0 spiro atoms. The van der Waals surface area contributed by atoms with E-state index >= 15 is 0 Å². The summed E-state index contributed by atoms with van der Waals surface area (Å²) in [5.41, 5.74) is 2.18. The molecule has 1 fully saturated rings. The fourth-order valence-corrected chi connectivity index (χ4v) is 3.54.